The molecule has 4 rings (SSSR count). The first kappa shape index (κ1) is 20.2. The monoisotopic (exact) mass is 412 g/mol. The summed E-state index contributed by atoms with van der Waals surface area (Å²) in [6.45, 7) is 6.37. The van der Waals surface area contributed by atoms with Gasteiger partial charge in [-0.2, -0.15) is 0 Å². The van der Waals surface area contributed by atoms with Crippen LogP contribution >= 0.6 is 7.94 Å². The second-order valence-electron chi connectivity index (χ2n) is 8.14. The van der Waals surface area contributed by atoms with Crippen molar-refractivity contribution in [3.05, 3.63) is 60.2 Å². The minimum Gasteiger partial charge on any atom is -0.630 e. The Labute approximate surface area is 171 Å². The maximum Gasteiger partial charge on any atom is 0.357 e. The Balaban J connectivity index is 1.97. The summed E-state index contributed by atoms with van der Waals surface area (Å²) in [7, 11) is -3.79. The van der Waals surface area contributed by atoms with E-state index < -0.39 is 19.6 Å². The molecule has 0 spiro atoms. The highest BCUT2D eigenvalue weighted by Gasteiger charge is 2.53. The molecule has 1 atom stereocenters. The van der Waals surface area contributed by atoms with Crippen molar-refractivity contribution in [1.82, 2.24) is 0 Å². The van der Waals surface area contributed by atoms with Crippen molar-refractivity contribution in [3.63, 3.8) is 0 Å². The van der Waals surface area contributed by atoms with Gasteiger partial charge in [0.15, 0.2) is 0 Å². The molecule has 0 radical (unpaired) electrons. The van der Waals surface area contributed by atoms with Gasteiger partial charge in [-0.25, -0.2) is 13.8 Å². The topological polar surface area (TPSA) is 67.8 Å². The normalized spacial score (nSPS) is 19.2. The number of fused-ring (bicyclic) bond motifs is 2. The Bertz CT molecular complexity index is 998. The maximum atomic E-state index is 13.9. The number of carbonyl (C=O) groups is 1. The third-order valence-corrected chi connectivity index (χ3v) is 7.26. The predicted octanol–water partition coefficient (Wildman–Crippen LogP) is 4.79. The number of ether oxygens (including phenoxy) is 1. The number of esters is 1. The van der Waals surface area contributed by atoms with Crippen LogP contribution in [0.2, 0.25) is 0 Å². The van der Waals surface area contributed by atoms with E-state index in [1.54, 1.807) is 6.92 Å². The van der Waals surface area contributed by atoms with Gasteiger partial charge >= 0.3 is 5.97 Å². The van der Waals surface area contributed by atoms with Gasteiger partial charge in [0, 0.05) is 11.0 Å². The molecular formula is C23H25O5P. The van der Waals surface area contributed by atoms with Crippen molar-refractivity contribution < 1.29 is 23.5 Å². The van der Waals surface area contributed by atoms with Crippen molar-refractivity contribution in [2.45, 2.75) is 26.4 Å². The van der Waals surface area contributed by atoms with Crippen LogP contribution in [-0.4, -0.2) is 25.8 Å². The van der Waals surface area contributed by atoms with Crippen LogP contribution in [0.5, 0.6) is 0 Å². The lowest BCUT2D eigenvalue weighted by Gasteiger charge is -2.41. The van der Waals surface area contributed by atoms with E-state index in [0.29, 0.717) is 5.56 Å². The first-order chi connectivity index (χ1) is 13.8. The van der Waals surface area contributed by atoms with Gasteiger partial charge in [-0.3, -0.25) is 0 Å². The van der Waals surface area contributed by atoms with Crippen LogP contribution < -0.4 is 4.89 Å². The zero-order valence-corrected chi connectivity index (χ0v) is 17.8. The van der Waals surface area contributed by atoms with Crippen LogP contribution in [0, 0.1) is 5.41 Å². The van der Waals surface area contributed by atoms with E-state index in [1.807, 2.05) is 62.4 Å². The number of rotatable bonds is 4. The van der Waals surface area contributed by atoms with Gasteiger partial charge in [-0.1, -0.05) is 62.4 Å². The molecule has 0 aliphatic carbocycles. The minimum absolute atomic E-state index is 0.184. The Morgan fingerprint density at radius 3 is 2.10 bits per heavy atom. The highest BCUT2D eigenvalue weighted by atomic mass is 31.2. The number of carbonyl (C=O) groups excluding carboxylic acids is 1. The summed E-state index contributed by atoms with van der Waals surface area (Å²) in [6.07, 6.45) is 0. The molecule has 1 saturated heterocycles. The van der Waals surface area contributed by atoms with Gasteiger partial charge < -0.3 is 9.63 Å². The molecule has 1 unspecified atom stereocenters. The smallest absolute Gasteiger partial charge is 0.357 e. The first-order valence-corrected chi connectivity index (χ1v) is 11.4. The molecule has 29 heavy (non-hydrogen) atoms. The van der Waals surface area contributed by atoms with Crippen molar-refractivity contribution in [2.24, 2.45) is 5.41 Å². The summed E-state index contributed by atoms with van der Waals surface area (Å²) in [5.74, 6) is -0.586. The Hall–Kier alpha value is -2.04. The number of benzene rings is 3. The van der Waals surface area contributed by atoms with Gasteiger partial charge in [0.25, 0.3) is 7.94 Å². The SMILES string of the molecule is CCOC(=O)C(c1c2ccccc2cc2ccccc12)[P+]1([O-])OCC(C)(C)CO1. The molecule has 1 aliphatic rings. The van der Waals surface area contributed by atoms with Crippen LogP contribution in [0.4, 0.5) is 0 Å². The highest BCUT2D eigenvalue weighted by molar-refractivity contribution is 7.60. The van der Waals surface area contributed by atoms with Gasteiger partial charge in [0.2, 0.25) is 5.66 Å². The molecule has 3 aromatic carbocycles. The molecule has 0 aromatic heterocycles. The molecule has 0 bridgehead atoms. The van der Waals surface area contributed by atoms with Gasteiger partial charge in [-0.05, 0) is 34.5 Å². The lowest BCUT2D eigenvalue weighted by molar-refractivity contribution is -0.236. The van der Waals surface area contributed by atoms with E-state index in [9.17, 15) is 9.69 Å². The van der Waals surface area contributed by atoms with Crippen LogP contribution in [-0.2, 0) is 18.6 Å². The summed E-state index contributed by atoms with van der Waals surface area (Å²) >= 11 is 0. The standard InChI is InChI=1S/C23H25O5P/c1-4-26-22(24)21(29(25)27-14-23(2,3)15-28-29)20-18-11-7-5-9-16(18)13-17-10-6-8-12-19(17)20/h5-13,21H,4,14-15H2,1-3H3. The van der Waals surface area contributed by atoms with Crippen molar-refractivity contribution >= 4 is 35.5 Å². The van der Waals surface area contributed by atoms with Crippen molar-refractivity contribution in [1.29, 1.82) is 0 Å². The lowest BCUT2D eigenvalue weighted by atomic mass is 9.94. The third kappa shape index (κ3) is 3.76. The fourth-order valence-corrected chi connectivity index (χ4v) is 6.09. The van der Waals surface area contributed by atoms with E-state index in [-0.39, 0.29) is 25.2 Å². The summed E-state index contributed by atoms with van der Waals surface area (Å²) in [5, 5.41) is 3.60. The summed E-state index contributed by atoms with van der Waals surface area (Å²) in [6, 6.07) is 17.6. The van der Waals surface area contributed by atoms with E-state index in [0.717, 1.165) is 21.5 Å². The molecular weight excluding hydrogens is 387 g/mol. The lowest BCUT2D eigenvalue weighted by Crippen LogP contribution is -2.39. The molecule has 5 nitrogen and oxygen atoms in total. The van der Waals surface area contributed by atoms with E-state index >= 15 is 0 Å². The zero-order valence-electron chi connectivity index (χ0n) is 16.9. The van der Waals surface area contributed by atoms with Crippen LogP contribution in [0.15, 0.2) is 54.6 Å². The number of hydrogen-bond acceptors (Lipinski definition) is 5. The summed E-state index contributed by atoms with van der Waals surface area (Å²) in [5.41, 5.74) is -0.775. The first-order valence-electron chi connectivity index (χ1n) is 9.80. The molecule has 0 N–H and O–H groups in total. The molecule has 3 aromatic rings. The second kappa shape index (κ2) is 7.66. The van der Waals surface area contributed by atoms with Crippen molar-refractivity contribution in [3.8, 4) is 0 Å². The van der Waals surface area contributed by atoms with Crippen LogP contribution in [0.1, 0.15) is 32.0 Å². The number of hydrogen-bond donors (Lipinski definition) is 0. The fourth-order valence-electron chi connectivity index (χ4n) is 3.73. The summed E-state index contributed by atoms with van der Waals surface area (Å²) in [4.78, 5) is 27.0. The molecule has 0 saturated carbocycles. The quantitative estimate of drug-likeness (QED) is 0.350. The molecule has 6 heteroatoms. The zero-order chi connectivity index (χ0) is 20.6. The maximum absolute atomic E-state index is 13.9. The van der Waals surface area contributed by atoms with Crippen molar-refractivity contribution in [2.75, 3.05) is 19.8 Å². The molecule has 1 heterocycles. The van der Waals surface area contributed by atoms with Crippen LogP contribution in [0.3, 0.4) is 0 Å². The van der Waals surface area contributed by atoms with E-state index in [2.05, 4.69) is 6.07 Å². The Kier molecular flexibility index (Phi) is 5.34. The van der Waals surface area contributed by atoms with Gasteiger partial charge in [0.1, 0.15) is 13.2 Å². The Morgan fingerprint density at radius 1 is 1.07 bits per heavy atom. The second-order valence-corrected chi connectivity index (χ2v) is 10.3. The molecule has 1 fully saturated rings. The average molecular weight is 412 g/mol. The van der Waals surface area contributed by atoms with Gasteiger partial charge in [0.05, 0.1) is 6.61 Å². The molecule has 0 amide bonds. The summed E-state index contributed by atoms with van der Waals surface area (Å²) < 4.78 is 16.9. The van der Waals surface area contributed by atoms with Gasteiger partial charge in [-0.15, -0.1) is 0 Å². The van der Waals surface area contributed by atoms with E-state index in [4.69, 9.17) is 13.8 Å². The average Bonchev–Trinajstić information content (AvgIpc) is 2.70. The third-order valence-electron chi connectivity index (χ3n) is 5.18. The fraction of sp³-hybridized carbons (Fsp3) is 0.348. The largest absolute Gasteiger partial charge is 0.630 e. The Morgan fingerprint density at radius 2 is 1.59 bits per heavy atom. The van der Waals surface area contributed by atoms with E-state index in [1.165, 1.54) is 0 Å². The minimum atomic E-state index is -3.79. The van der Waals surface area contributed by atoms with Crippen LogP contribution in [0.25, 0.3) is 21.5 Å². The molecule has 152 valence electrons. The highest BCUT2D eigenvalue weighted by Crippen LogP contribution is 2.69. The predicted molar refractivity (Wildman–Crippen MR) is 113 cm³/mol. The molecule has 1 aliphatic heterocycles.